The van der Waals surface area contributed by atoms with Crippen LogP contribution in [0.3, 0.4) is 0 Å². The highest BCUT2D eigenvalue weighted by Gasteiger charge is 2.57. The van der Waals surface area contributed by atoms with Crippen molar-refractivity contribution in [3.8, 4) is 6.07 Å². The number of alkyl halides is 3. The molecule has 1 spiro atoms. The zero-order valence-corrected chi connectivity index (χ0v) is 17.7. The molecule has 1 unspecified atom stereocenters. The van der Waals surface area contributed by atoms with Gasteiger partial charge >= 0.3 is 6.18 Å². The summed E-state index contributed by atoms with van der Waals surface area (Å²) in [6, 6.07) is 8.04. The fourth-order valence-electron chi connectivity index (χ4n) is 3.85. The van der Waals surface area contributed by atoms with Crippen molar-refractivity contribution < 1.29 is 27.2 Å². The molecule has 11 heteroatoms. The summed E-state index contributed by atoms with van der Waals surface area (Å²) in [7, 11) is 1.35. The number of amides is 2. The van der Waals surface area contributed by atoms with Gasteiger partial charge in [-0.1, -0.05) is 12.2 Å². The second-order valence-electron chi connectivity index (χ2n) is 7.37. The van der Waals surface area contributed by atoms with Gasteiger partial charge in [0.1, 0.15) is 11.4 Å². The van der Waals surface area contributed by atoms with Crippen LogP contribution in [0.2, 0.25) is 0 Å². The lowest BCUT2D eigenvalue weighted by Gasteiger charge is -2.37. The molecule has 1 aliphatic carbocycles. The normalized spacial score (nSPS) is 19.6. The zero-order chi connectivity index (χ0) is 24.1. The lowest BCUT2D eigenvalue weighted by molar-refractivity contribution is -0.137. The minimum atomic E-state index is -4.82. The van der Waals surface area contributed by atoms with Crippen LogP contribution in [-0.2, 0) is 11.0 Å². The molecule has 4 rings (SSSR count). The number of hydrogen-bond donors (Lipinski definition) is 1. The van der Waals surface area contributed by atoms with Crippen molar-refractivity contribution in [1.29, 1.82) is 5.26 Å². The molecule has 2 aromatic rings. The maximum Gasteiger partial charge on any atom is 0.417 e. The van der Waals surface area contributed by atoms with Crippen molar-refractivity contribution in [2.45, 2.75) is 18.1 Å². The Balaban J connectivity index is 1.81. The summed E-state index contributed by atoms with van der Waals surface area (Å²) in [5, 5.41) is 11.2. The van der Waals surface area contributed by atoms with Crippen LogP contribution in [-0.4, -0.2) is 29.5 Å². The van der Waals surface area contributed by atoms with Crippen LogP contribution < -0.4 is 15.1 Å². The van der Waals surface area contributed by atoms with E-state index in [1.165, 1.54) is 36.2 Å². The average molecular weight is 474 g/mol. The van der Waals surface area contributed by atoms with E-state index in [0.29, 0.717) is 6.07 Å². The topological polar surface area (TPSA) is 76.4 Å². The molecule has 1 heterocycles. The molecule has 2 aromatic carbocycles. The first-order valence-electron chi connectivity index (χ1n) is 9.54. The van der Waals surface area contributed by atoms with Crippen molar-refractivity contribution in [3.05, 3.63) is 71.1 Å². The number of nitrogens with zero attached hydrogens (tertiary/aromatic N) is 3. The standard InChI is InChI=1S/C22H14F4N4O2S/c1-28-18(31)15-6-5-14(10-17(15)23)30-20(33)29(19(32)21(30)7-2-8-21)13-4-3-12(11-27)16(9-13)22(24,25)26/h2-7,9-10H,8H2,1H3,(H,28,31). The van der Waals surface area contributed by atoms with Gasteiger partial charge in [-0.3, -0.25) is 19.4 Å². The Kier molecular flexibility index (Phi) is 5.21. The van der Waals surface area contributed by atoms with E-state index >= 15 is 0 Å². The van der Waals surface area contributed by atoms with Gasteiger partial charge in [0.25, 0.3) is 11.8 Å². The molecule has 0 saturated carbocycles. The molecule has 2 aliphatic rings. The quantitative estimate of drug-likeness (QED) is 0.415. The lowest BCUT2D eigenvalue weighted by Crippen LogP contribution is -2.51. The lowest BCUT2D eigenvalue weighted by atomic mass is 9.83. The third kappa shape index (κ3) is 3.34. The van der Waals surface area contributed by atoms with Crippen LogP contribution in [0, 0.1) is 17.1 Å². The molecular formula is C22H14F4N4O2S. The van der Waals surface area contributed by atoms with E-state index in [9.17, 15) is 27.2 Å². The van der Waals surface area contributed by atoms with E-state index in [4.69, 9.17) is 17.5 Å². The summed E-state index contributed by atoms with van der Waals surface area (Å²) in [4.78, 5) is 27.5. The molecule has 1 N–H and O–H groups in total. The second kappa shape index (κ2) is 7.67. The summed E-state index contributed by atoms with van der Waals surface area (Å²) in [5.41, 5.74) is -3.34. The first-order chi connectivity index (χ1) is 15.5. The predicted molar refractivity (Wildman–Crippen MR) is 115 cm³/mol. The fourth-order valence-corrected chi connectivity index (χ4v) is 4.30. The van der Waals surface area contributed by atoms with Gasteiger partial charge in [-0.15, -0.1) is 0 Å². The number of nitrogens with one attached hydrogen (secondary N) is 1. The van der Waals surface area contributed by atoms with Crippen molar-refractivity contribution >= 4 is 40.5 Å². The van der Waals surface area contributed by atoms with Gasteiger partial charge in [0.15, 0.2) is 5.11 Å². The smallest absolute Gasteiger partial charge is 0.355 e. The van der Waals surface area contributed by atoms with Crippen LogP contribution >= 0.6 is 12.2 Å². The van der Waals surface area contributed by atoms with Gasteiger partial charge in [0, 0.05) is 19.2 Å². The Morgan fingerprint density at radius 2 is 1.88 bits per heavy atom. The third-order valence-electron chi connectivity index (χ3n) is 5.55. The Morgan fingerprint density at radius 1 is 1.21 bits per heavy atom. The Labute approximate surface area is 190 Å². The molecule has 0 radical (unpaired) electrons. The maximum atomic E-state index is 14.6. The number of benzene rings is 2. The monoisotopic (exact) mass is 474 g/mol. The summed E-state index contributed by atoms with van der Waals surface area (Å²) < 4.78 is 55.0. The van der Waals surface area contributed by atoms with Gasteiger partial charge < -0.3 is 5.32 Å². The second-order valence-corrected chi connectivity index (χ2v) is 7.74. The summed E-state index contributed by atoms with van der Waals surface area (Å²) >= 11 is 5.45. The first-order valence-corrected chi connectivity index (χ1v) is 9.95. The number of rotatable bonds is 3. The molecule has 168 valence electrons. The highest BCUT2D eigenvalue weighted by molar-refractivity contribution is 7.81. The average Bonchev–Trinajstić information content (AvgIpc) is 2.98. The molecule has 2 amide bonds. The number of anilines is 2. The highest BCUT2D eigenvalue weighted by Crippen LogP contribution is 2.45. The van der Waals surface area contributed by atoms with Crippen LogP contribution in [0.1, 0.15) is 27.9 Å². The molecule has 1 saturated heterocycles. The number of halogens is 4. The van der Waals surface area contributed by atoms with Crippen LogP contribution in [0.15, 0.2) is 48.6 Å². The summed E-state index contributed by atoms with van der Waals surface area (Å²) in [6.07, 6.45) is -1.39. The summed E-state index contributed by atoms with van der Waals surface area (Å²) in [6.45, 7) is 0. The van der Waals surface area contributed by atoms with Gasteiger partial charge in [-0.05, 0) is 48.6 Å². The van der Waals surface area contributed by atoms with E-state index in [2.05, 4.69) is 5.32 Å². The minimum Gasteiger partial charge on any atom is -0.355 e. The molecule has 0 aromatic heterocycles. The SMILES string of the molecule is CNC(=O)c1ccc(N2C(=S)N(c3ccc(C#N)c(C(F)(F)F)c3)C(=O)C23C=CC3)cc1F. The number of carbonyl (C=O) groups is 2. The van der Waals surface area contributed by atoms with E-state index in [-0.39, 0.29) is 28.5 Å². The van der Waals surface area contributed by atoms with Crippen LogP contribution in [0.4, 0.5) is 28.9 Å². The highest BCUT2D eigenvalue weighted by atomic mass is 32.1. The van der Waals surface area contributed by atoms with Crippen molar-refractivity contribution in [3.63, 3.8) is 0 Å². The van der Waals surface area contributed by atoms with Crippen LogP contribution in [0.25, 0.3) is 0 Å². The number of thiocarbonyl (C=S) groups is 1. The van der Waals surface area contributed by atoms with Gasteiger partial charge in [0.2, 0.25) is 0 Å². The molecule has 33 heavy (non-hydrogen) atoms. The van der Waals surface area contributed by atoms with Crippen LogP contribution in [0.5, 0.6) is 0 Å². The Bertz CT molecular complexity index is 1280. The molecule has 1 fully saturated rings. The van der Waals surface area contributed by atoms with Crippen molar-refractivity contribution in [2.75, 3.05) is 16.8 Å². The van der Waals surface area contributed by atoms with Gasteiger partial charge in [-0.2, -0.15) is 18.4 Å². The van der Waals surface area contributed by atoms with E-state index in [1.54, 1.807) is 12.2 Å². The molecule has 1 atom stereocenters. The number of hydrogen-bond acceptors (Lipinski definition) is 4. The zero-order valence-electron chi connectivity index (χ0n) is 16.9. The largest absolute Gasteiger partial charge is 0.417 e. The minimum absolute atomic E-state index is 0.158. The molecule has 1 aliphatic heterocycles. The Morgan fingerprint density at radius 3 is 2.39 bits per heavy atom. The van der Waals surface area contributed by atoms with Crippen molar-refractivity contribution in [2.24, 2.45) is 0 Å². The molecule has 0 bridgehead atoms. The number of nitriles is 1. The molecule has 6 nitrogen and oxygen atoms in total. The van der Waals surface area contributed by atoms with Gasteiger partial charge in [-0.25, -0.2) is 4.39 Å². The van der Waals surface area contributed by atoms with Gasteiger partial charge in [0.05, 0.1) is 28.4 Å². The molecular weight excluding hydrogens is 460 g/mol. The van der Waals surface area contributed by atoms with Crippen molar-refractivity contribution in [1.82, 2.24) is 5.32 Å². The van der Waals surface area contributed by atoms with E-state index in [1.807, 2.05) is 0 Å². The van der Waals surface area contributed by atoms with E-state index in [0.717, 1.165) is 17.0 Å². The third-order valence-corrected chi connectivity index (χ3v) is 5.91. The maximum absolute atomic E-state index is 14.6. The first kappa shape index (κ1) is 22.4. The van der Waals surface area contributed by atoms with E-state index < -0.39 is 40.5 Å². The summed E-state index contributed by atoms with van der Waals surface area (Å²) in [5.74, 6) is -2.10. The fraction of sp³-hybridized carbons (Fsp3) is 0.182. The Hall–Kier alpha value is -3.78. The predicted octanol–water partition coefficient (Wildman–Crippen LogP) is 3.91. The number of carbonyl (C=O) groups excluding carboxylic acids is 2.